The normalized spacial score (nSPS) is 14.5. The molecule has 0 saturated heterocycles. The highest BCUT2D eigenvalue weighted by Crippen LogP contribution is 2.37. The largest absolute Gasteiger partial charge is 0.487 e. The Hall–Kier alpha value is -5.20. The molecule has 5 aromatic rings. The van der Waals surface area contributed by atoms with E-state index in [2.05, 4.69) is 72.6 Å². The second-order valence-electron chi connectivity index (χ2n) is 13.0. The van der Waals surface area contributed by atoms with Gasteiger partial charge in [0.25, 0.3) is 0 Å². The summed E-state index contributed by atoms with van der Waals surface area (Å²) < 4.78 is 29.1. The molecule has 0 bridgehead atoms. The third kappa shape index (κ3) is 10.2. The second kappa shape index (κ2) is 18.5. The van der Waals surface area contributed by atoms with Crippen molar-refractivity contribution in [2.45, 2.75) is 19.5 Å². The summed E-state index contributed by atoms with van der Waals surface area (Å²) in [5, 5.41) is 23.3. The fourth-order valence-corrected chi connectivity index (χ4v) is 6.75. The van der Waals surface area contributed by atoms with Crippen molar-refractivity contribution >= 4 is 39.2 Å². The molecule has 0 radical (unpaired) electrons. The number of hydrogen-bond donors (Lipinski definition) is 2. The Morgan fingerprint density at radius 1 is 0.566 bits per heavy atom. The lowest BCUT2D eigenvalue weighted by Crippen LogP contribution is -2.34. The molecule has 0 fully saturated rings. The van der Waals surface area contributed by atoms with Gasteiger partial charge in [-0.2, -0.15) is 0 Å². The summed E-state index contributed by atoms with van der Waals surface area (Å²) in [6.07, 6.45) is 0.692. The molecule has 6 rings (SSSR count). The Labute approximate surface area is 309 Å². The molecule has 2 N–H and O–H groups in total. The van der Waals surface area contributed by atoms with Crippen LogP contribution < -0.4 is 14.4 Å². The lowest BCUT2D eigenvalue weighted by atomic mass is 9.88. The minimum absolute atomic E-state index is 0.391. The molecule has 0 saturated carbocycles. The molecule has 0 unspecified atom stereocenters. The van der Waals surface area contributed by atoms with E-state index < -0.39 is 25.0 Å². The van der Waals surface area contributed by atoms with Crippen molar-refractivity contribution in [1.29, 1.82) is 0 Å². The first kappa shape index (κ1) is 37.6. The van der Waals surface area contributed by atoms with Crippen LogP contribution in [-0.2, 0) is 43.3 Å². The summed E-state index contributed by atoms with van der Waals surface area (Å²) in [5.41, 5.74) is 5.15. The lowest BCUT2D eigenvalue weighted by Gasteiger charge is -2.23. The average molecular weight is 723 g/mol. The number of benzene rings is 5. The molecule has 11 heteroatoms. The van der Waals surface area contributed by atoms with E-state index in [1.807, 2.05) is 18.2 Å². The SMILES string of the molecule is CN(Cc1ccc(N(CC(=O)O)CC(=O)O)cc1)Cc1c2ccccc2c(Cc2ccc3c(c2)OCCOCCOCCOCCO3)c2ccccc12. The molecular weight excluding hydrogens is 676 g/mol. The van der Waals surface area contributed by atoms with Crippen LogP contribution in [0.2, 0.25) is 0 Å². The number of anilines is 1. The fourth-order valence-electron chi connectivity index (χ4n) is 6.75. The topological polar surface area (TPSA) is 127 Å². The van der Waals surface area contributed by atoms with Crippen molar-refractivity contribution in [2.75, 3.05) is 77.9 Å². The van der Waals surface area contributed by atoms with Crippen LogP contribution in [0.25, 0.3) is 21.5 Å². The Balaban J connectivity index is 1.25. The number of rotatable bonds is 11. The van der Waals surface area contributed by atoms with Crippen LogP contribution in [0.15, 0.2) is 91.0 Å². The van der Waals surface area contributed by atoms with Gasteiger partial charge in [0.1, 0.15) is 26.3 Å². The molecule has 0 aromatic heterocycles. The predicted octanol–water partition coefficient (Wildman–Crippen LogP) is 6.01. The summed E-state index contributed by atoms with van der Waals surface area (Å²) in [7, 11) is 2.08. The molecule has 0 spiro atoms. The van der Waals surface area contributed by atoms with E-state index in [1.165, 1.54) is 37.6 Å². The number of hydrogen-bond acceptors (Lipinski definition) is 9. The van der Waals surface area contributed by atoms with Gasteiger partial charge in [0.2, 0.25) is 0 Å². The van der Waals surface area contributed by atoms with E-state index >= 15 is 0 Å². The minimum Gasteiger partial charge on any atom is -0.487 e. The first-order chi connectivity index (χ1) is 25.9. The highest BCUT2D eigenvalue weighted by Gasteiger charge is 2.18. The maximum atomic E-state index is 11.3. The van der Waals surface area contributed by atoms with Crippen LogP contribution in [-0.4, -0.2) is 100 Å². The van der Waals surface area contributed by atoms with Crippen LogP contribution in [0.3, 0.4) is 0 Å². The standard InChI is InChI=1S/C42H46N2O9/c1-43(26-30-10-13-32(14-11-30)44(28-41(45)46)29-42(47)48)27-38-35-8-4-2-6-33(35)37(34-7-3-5-9-36(34)38)24-31-12-15-39-40(25-31)53-23-21-51-19-17-49-16-18-50-20-22-52-39/h2-15,25H,16-24,26-29H2,1H3,(H,45,46)(H,47,48). The minimum atomic E-state index is -1.09. The van der Waals surface area contributed by atoms with Crippen LogP contribution >= 0.6 is 0 Å². The van der Waals surface area contributed by atoms with E-state index in [9.17, 15) is 19.8 Å². The molecule has 0 atom stereocenters. The Bertz CT molecular complexity index is 1930. The number of aliphatic carboxylic acids is 2. The maximum Gasteiger partial charge on any atom is 0.323 e. The van der Waals surface area contributed by atoms with Gasteiger partial charge >= 0.3 is 11.9 Å². The van der Waals surface area contributed by atoms with Crippen molar-refractivity contribution in [2.24, 2.45) is 0 Å². The molecule has 1 aliphatic heterocycles. The van der Waals surface area contributed by atoms with Gasteiger partial charge in [-0.1, -0.05) is 66.7 Å². The van der Waals surface area contributed by atoms with Gasteiger partial charge in [-0.25, -0.2) is 0 Å². The summed E-state index contributed by atoms with van der Waals surface area (Å²) in [6.45, 7) is 4.28. The molecule has 1 heterocycles. The quantitative estimate of drug-likeness (QED) is 0.156. The number of carboxylic acids is 2. The van der Waals surface area contributed by atoms with E-state index in [-0.39, 0.29) is 0 Å². The molecular formula is C42H46N2O9. The van der Waals surface area contributed by atoms with Crippen LogP contribution in [0.1, 0.15) is 22.3 Å². The number of nitrogens with zero attached hydrogens (tertiary/aromatic N) is 2. The smallest absolute Gasteiger partial charge is 0.323 e. The first-order valence-electron chi connectivity index (χ1n) is 17.8. The van der Waals surface area contributed by atoms with Crippen molar-refractivity contribution in [3.63, 3.8) is 0 Å². The molecule has 53 heavy (non-hydrogen) atoms. The van der Waals surface area contributed by atoms with Crippen molar-refractivity contribution in [3.8, 4) is 11.5 Å². The molecule has 1 aliphatic rings. The monoisotopic (exact) mass is 722 g/mol. The molecule has 278 valence electrons. The number of ether oxygens (including phenoxy) is 5. The number of fused-ring (bicyclic) bond motifs is 3. The number of carbonyl (C=O) groups is 2. The summed E-state index contributed by atoms with van der Waals surface area (Å²) in [6, 6.07) is 30.7. The van der Waals surface area contributed by atoms with Crippen molar-refractivity contribution < 1.29 is 43.5 Å². The Morgan fingerprint density at radius 3 is 1.57 bits per heavy atom. The molecule has 0 aliphatic carbocycles. The average Bonchev–Trinajstić information content (AvgIpc) is 3.15. The third-order valence-corrected chi connectivity index (χ3v) is 9.09. The van der Waals surface area contributed by atoms with Crippen LogP contribution in [0.5, 0.6) is 11.5 Å². The molecule has 11 nitrogen and oxygen atoms in total. The maximum absolute atomic E-state index is 11.3. The Kier molecular flexibility index (Phi) is 13.1. The van der Waals surface area contributed by atoms with Gasteiger partial charge in [-0.3, -0.25) is 14.5 Å². The van der Waals surface area contributed by atoms with Gasteiger partial charge in [-0.15, -0.1) is 0 Å². The van der Waals surface area contributed by atoms with E-state index in [0.717, 1.165) is 11.1 Å². The summed E-state index contributed by atoms with van der Waals surface area (Å²) in [4.78, 5) is 26.2. The number of carboxylic acid groups (broad SMARTS) is 2. The zero-order valence-electron chi connectivity index (χ0n) is 30.0. The third-order valence-electron chi connectivity index (χ3n) is 9.09. The first-order valence-corrected chi connectivity index (χ1v) is 17.8. The highest BCUT2D eigenvalue weighted by atomic mass is 16.6. The summed E-state index contributed by atoms with van der Waals surface area (Å²) >= 11 is 0. The zero-order valence-corrected chi connectivity index (χ0v) is 30.0. The van der Waals surface area contributed by atoms with Crippen molar-refractivity contribution in [1.82, 2.24) is 4.90 Å². The summed E-state index contributed by atoms with van der Waals surface area (Å²) in [5.74, 6) is -0.826. The van der Waals surface area contributed by atoms with Crippen molar-refractivity contribution in [3.05, 3.63) is 113 Å². The van der Waals surface area contributed by atoms with Gasteiger partial charge in [-0.05, 0) is 81.5 Å². The molecule has 5 aromatic carbocycles. The second-order valence-corrected chi connectivity index (χ2v) is 13.0. The Morgan fingerprint density at radius 2 is 1.04 bits per heavy atom. The lowest BCUT2D eigenvalue weighted by molar-refractivity contribution is -0.136. The van der Waals surface area contributed by atoms with Crippen LogP contribution in [0.4, 0.5) is 5.69 Å². The zero-order chi connectivity index (χ0) is 37.0. The van der Waals surface area contributed by atoms with E-state index in [0.29, 0.717) is 89.6 Å². The van der Waals surface area contributed by atoms with Gasteiger partial charge in [0.15, 0.2) is 11.5 Å². The van der Waals surface area contributed by atoms with Gasteiger partial charge < -0.3 is 38.8 Å². The van der Waals surface area contributed by atoms with E-state index in [4.69, 9.17) is 23.7 Å². The van der Waals surface area contributed by atoms with Gasteiger partial charge in [0.05, 0.1) is 39.6 Å². The fraction of sp³-hybridized carbons (Fsp3) is 0.333. The van der Waals surface area contributed by atoms with Gasteiger partial charge in [0, 0.05) is 18.8 Å². The van der Waals surface area contributed by atoms with E-state index in [1.54, 1.807) is 12.1 Å². The highest BCUT2D eigenvalue weighted by molar-refractivity contribution is 6.06. The molecule has 0 amide bonds. The van der Waals surface area contributed by atoms with Crippen LogP contribution in [0, 0.1) is 0 Å². The predicted molar refractivity (Wildman–Crippen MR) is 203 cm³/mol.